The van der Waals surface area contributed by atoms with Crippen LogP contribution in [0.15, 0.2) is 36.4 Å². The van der Waals surface area contributed by atoms with Gasteiger partial charge in [-0.05, 0) is 30.3 Å². The van der Waals surface area contributed by atoms with Gasteiger partial charge in [0.25, 0.3) is 0 Å². The van der Waals surface area contributed by atoms with Crippen molar-refractivity contribution in [2.75, 3.05) is 13.7 Å². The number of hydrogen-bond acceptors (Lipinski definition) is 2. The summed E-state index contributed by atoms with van der Waals surface area (Å²) in [5.74, 6) is 1.000. The van der Waals surface area contributed by atoms with Crippen LogP contribution in [0.2, 0.25) is 0 Å². The monoisotopic (exact) mass is 265 g/mol. The molecule has 0 unspecified atom stereocenters. The van der Waals surface area contributed by atoms with Crippen LogP contribution in [0.5, 0.6) is 5.75 Å². The molecule has 0 bridgehead atoms. The predicted molar refractivity (Wildman–Crippen MR) is 79.7 cm³/mol. The van der Waals surface area contributed by atoms with E-state index < -0.39 is 0 Å². The molecule has 0 aromatic heterocycles. The predicted octanol–water partition coefficient (Wildman–Crippen LogP) is 3.77. The first-order valence-electron chi connectivity index (χ1n) is 6.15. The van der Waals surface area contributed by atoms with E-state index in [1.165, 1.54) is 16.3 Å². The summed E-state index contributed by atoms with van der Waals surface area (Å²) >= 11 is 0. The van der Waals surface area contributed by atoms with Crippen molar-refractivity contribution < 1.29 is 4.74 Å². The van der Waals surface area contributed by atoms with Gasteiger partial charge in [-0.15, -0.1) is 12.4 Å². The van der Waals surface area contributed by atoms with Crippen molar-refractivity contribution in [1.82, 2.24) is 5.32 Å². The van der Waals surface area contributed by atoms with Gasteiger partial charge in [0.1, 0.15) is 5.75 Å². The number of ether oxygens (including phenoxy) is 1. The lowest BCUT2D eigenvalue weighted by Crippen LogP contribution is -2.08. The summed E-state index contributed by atoms with van der Waals surface area (Å²) in [5, 5.41) is 5.75. The molecule has 2 rings (SSSR count). The van der Waals surface area contributed by atoms with Crippen LogP contribution in [0.1, 0.15) is 18.9 Å². The topological polar surface area (TPSA) is 21.3 Å². The van der Waals surface area contributed by atoms with Crippen LogP contribution in [0.25, 0.3) is 10.8 Å². The van der Waals surface area contributed by atoms with E-state index in [9.17, 15) is 0 Å². The highest BCUT2D eigenvalue weighted by Gasteiger charge is 2.07. The molecule has 0 heterocycles. The molecule has 0 spiro atoms. The molecule has 3 heteroatoms. The highest BCUT2D eigenvalue weighted by molar-refractivity contribution is 5.87. The maximum absolute atomic E-state index is 5.81. The van der Waals surface area contributed by atoms with E-state index >= 15 is 0 Å². The normalized spacial score (nSPS) is 10.1. The van der Waals surface area contributed by atoms with Gasteiger partial charge in [0, 0.05) is 12.1 Å². The van der Waals surface area contributed by atoms with Crippen LogP contribution in [0, 0.1) is 0 Å². The summed E-state index contributed by atoms with van der Waals surface area (Å²) < 4.78 is 5.81. The van der Waals surface area contributed by atoms with E-state index in [2.05, 4.69) is 48.6 Å². The Labute approximate surface area is 115 Å². The minimum atomic E-state index is 0. The van der Waals surface area contributed by atoms with Crippen LogP contribution in [0.4, 0.5) is 0 Å². The summed E-state index contributed by atoms with van der Waals surface area (Å²) in [7, 11) is 1.96. The molecule has 0 radical (unpaired) electrons. The average Bonchev–Trinajstić information content (AvgIpc) is 2.38. The largest absolute Gasteiger partial charge is 0.493 e. The van der Waals surface area contributed by atoms with Gasteiger partial charge in [0.05, 0.1) is 6.61 Å². The third-order valence-corrected chi connectivity index (χ3v) is 2.81. The van der Waals surface area contributed by atoms with Gasteiger partial charge >= 0.3 is 0 Å². The zero-order valence-electron chi connectivity index (χ0n) is 10.9. The van der Waals surface area contributed by atoms with Crippen molar-refractivity contribution in [1.29, 1.82) is 0 Å². The van der Waals surface area contributed by atoms with Crippen molar-refractivity contribution in [3.63, 3.8) is 0 Å². The van der Waals surface area contributed by atoms with Gasteiger partial charge in [0.2, 0.25) is 0 Å². The molecular weight excluding hydrogens is 246 g/mol. The van der Waals surface area contributed by atoms with E-state index in [1.54, 1.807) is 0 Å². The molecule has 0 saturated heterocycles. The number of fused-ring (bicyclic) bond motifs is 1. The van der Waals surface area contributed by atoms with E-state index in [-0.39, 0.29) is 12.4 Å². The quantitative estimate of drug-likeness (QED) is 0.889. The molecule has 0 aliphatic rings. The van der Waals surface area contributed by atoms with Crippen molar-refractivity contribution in [2.45, 2.75) is 19.9 Å². The van der Waals surface area contributed by atoms with Gasteiger partial charge < -0.3 is 10.1 Å². The Kier molecular flexibility index (Phi) is 5.96. The Morgan fingerprint density at radius 3 is 2.61 bits per heavy atom. The van der Waals surface area contributed by atoms with Gasteiger partial charge in [-0.3, -0.25) is 0 Å². The van der Waals surface area contributed by atoms with Gasteiger partial charge in [-0.2, -0.15) is 0 Å². The Hall–Kier alpha value is -1.25. The van der Waals surface area contributed by atoms with Crippen molar-refractivity contribution in [3.05, 3.63) is 42.0 Å². The molecule has 2 aromatic carbocycles. The third-order valence-electron chi connectivity index (χ3n) is 2.81. The fourth-order valence-corrected chi connectivity index (χ4v) is 2.02. The smallest absolute Gasteiger partial charge is 0.124 e. The average molecular weight is 266 g/mol. The Bertz CT molecular complexity index is 499. The molecule has 2 aromatic rings. The first kappa shape index (κ1) is 14.8. The maximum atomic E-state index is 5.81. The maximum Gasteiger partial charge on any atom is 0.124 e. The van der Waals surface area contributed by atoms with E-state index in [0.717, 1.165) is 25.3 Å². The molecular formula is C15H20ClNO. The van der Waals surface area contributed by atoms with E-state index in [0.29, 0.717) is 0 Å². The van der Waals surface area contributed by atoms with Crippen molar-refractivity contribution in [2.24, 2.45) is 0 Å². The van der Waals surface area contributed by atoms with Gasteiger partial charge in [-0.1, -0.05) is 37.3 Å². The van der Waals surface area contributed by atoms with Crippen molar-refractivity contribution in [3.8, 4) is 5.75 Å². The zero-order valence-corrected chi connectivity index (χ0v) is 11.7. The second kappa shape index (κ2) is 7.24. The third kappa shape index (κ3) is 3.15. The van der Waals surface area contributed by atoms with E-state index in [1.807, 2.05) is 7.05 Å². The standard InChI is InChI=1S/C15H19NO.ClH/c1-3-10-17-15-9-8-12-6-4-5-7-13(12)14(15)11-16-2;/h4-9,16H,3,10-11H2,1-2H3;1H. The molecule has 0 aliphatic carbocycles. The first-order valence-corrected chi connectivity index (χ1v) is 6.15. The fraction of sp³-hybridized carbons (Fsp3) is 0.333. The highest BCUT2D eigenvalue weighted by Crippen LogP contribution is 2.28. The molecule has 1 N–H and O–H groups in total. The summed E-state index contributed by atoms with van der Waals surface area (Å²) in [5.41, 5.74) is 1.25. The van der Waals surface area contributed by atoms with Gasteiger partial charge in [0.15, 0.2) is 0 Å². The highest BCUT2D eigenvalue weighted by atomic mass is 35.5. The van der Waals surface area contributed by atoms with Crippen LogP contribution in [-0.4, -0.2) is 13.7 Å². The Morgan fingerprint density at radius 2 is 1.89 bits per heavy atom. The summed E-state index contributed by atoms with van der Waals surface area (Å²) in [6.45, 7) is 3.73. The first-order chi connectivity index (χ1) is 8.36. The molecule has 0 fully saturated rings. The van der Waals surface area contributed by atoms with Crippen LogP contribution in [0.3, 0.4) is 0 Å². The SMILES string of the molecule is CCCOc1ccc2ccccc2c1CNC.Cl. The minimum Gasteiger partial charge on any atom is -0.493 e. The molecule has 0 saturated carbocycles. The number of hydrogen-bond donors (Lipinski definition) is 1. The van der Waals surface area contributed by atoms with Crippen LogP contribution in [-0.2, 0) is 6.54 Å². The van der Waals surface area contributed by atoms with Crippen molar-refractivity contribution >= 4 is 23.2 Å². The summed E-state index contributed by atoms with van der Waals surface area (Å²) in [4.78, 5) is 0. The zero-order chi connectivity index (χ0) is 12.1. The summed E-state index contributed by atoms with van der Waals surface area (Å²) in [6, 6.07) is 12.6. The second-order valence-electron chi connectivity index (χ2n) is 4.14. The Morgan fingerprint density at radius 1 is 1.11 bits per heavy atom. The number of benzene rings is 2. The second-order valence-corrected chi connectivity index (χ2v) is 4.14. The van der Waals surface area contributed by atoms with E-state index in [4.69, 9.17) is 4.74 Å². The number of nitrogens with one attached hydrogen (secondary N) is 1. The van der Waals surface area contributed by atoms with Crippen LogP contribution >= 0.6 is 12.4 Å². The number of rotatable bonds is 5. The molecule has 98 valence electrons. The lowest BCUT2D eigenvalue weighted by Gasteiger charge is -2.13. The lowest BCUT2D eigenvalue weighted by molar-refractivity contribution is 0.314. The molecule has 0 aliphatic heterocycles. The summed E-state index contributed by atoms with van der Waals surface area (Å²) in [6.07, 6.45) is 1.03. The molecule has 0 amide bonds. The molecule has 0 atom stereocenters. The minimum absolute atomic E-state index is 0. The lowest BCUT2D eigenvalue weighted by atomic mass is 10.0. The number of halogens is 1. The molecule has 2 nitrogen and oxygen atoms in total. The molecule has 18 heavy (non-hydrogen) atoms. The Balaban J connectivity index is 0.00000162. The fourth-order valence-electron chi connectivity index (χ4n) is 2.02. The van der Waals surface area contributed by atoms with Gasteiger partial charge in [-0.25, -0.2) is 0 Å². The van der Waals surface area contributed by atoms with Crippen LogP contribution < -0.4 is 10.1 Å².